The number of hydrogen-bond donors (Lipinski definition) is 4. The Kier molecular flexibility index (Phi) is 28.0. The summed E-state index contributed by atoms with van der Waals surface area (Å²) in [6.07, 6.45) is 1.40. The number of carbonyl (C=O) groups is 4. The molecule has 1 radical (unpaired) electrons. The average Bonchev–Trinajstić information content (AvgIpc) is 2.70. The summed E-state index contributed by atoms with van der Waals surface area (Å²) in [6, 6.07) is 0. The molecule has 0 aromatic carbocycles. The maximum Gasteiger partial charge on any atom is 2.00 e. The van der Waals surface area contributed by atoms with Crippen LogP contribution in [0.15, 0.2) is 0 Å². The molecule has 0 bridgehead atoms. The molecule has 21 nitrogen and oxygen atoms in total. The van der Waals surface area contributed by atoms with Crippen molar-refractivity contribution in [1.29, 1.82) is 0 Å². The molecule has 0 aromatic rings. The first-order chi connectivity index (χ1) is 18.2. The van der Waals surface area contributed by atoms with Crippen LogP contribution < -0.4 is 60.2 Å². The number of amides is 4. The standard InChI is InChI=1S/C18H36N8O4.2ClHO4.Co.H2O/c19-15(27)11-23-3-1-4-24(12-16(20)28)8-10-26(14-18(22)30)6-2-5-25(9-7-23)13-17(21)29;2*2-1(3,4)5;;/h1-14H2,(H2,19,27)(H2,20,28)(H2,21,29)(H2,22,30);2*(H,2,3,4,5);;1H2/q;;;+2;/p-2. The molecule has 0 unspecified atom stereocenters. The molecule has 0 aliphatic carbocycles. The average molecular weight is 704 g/mol. The minimum Gasteiger partial charge on any atom is -0.412 e. The van der Waals surface area contributed by atoms with E-state index < -0.39 is 44.1 Å². The van der Waals surface area contributed by atoms with Crippen molar-refractivity contribution < 1.29 is 99.2 Å². The summed E-state index contributed by atoms with van der Waals surface area (Å²) in [5, 5.41) is 0. The second-order valence-corrected chi connectivity index (χ2v) is 9.94. The van der Waals surface area contributed by atoms with E-state index in [0.717, 1.165) is 0 Å². The molecule has 1 aliphatic heterocycles. The fourth-order valence-electron chi connectivity index (χ4n) is 3.56. The fraction of sp³-hybridized carbons (Fsp3) is 0.778. The summed E-state index contributed by atoms with van der Waals surface area (Å²) in [6.45, 7) is 5.10. The molecule has 10 N–H and O–H groups in total. The first-order valence-corrected chi connectivity index (χ1v) is 13.9. The number of carbonyl (C=O) groups excluding carboxylic acids is 4. The van der Waals surface area contributed by atoms with Gasteiger partial charge >= 0.3 is 16.8 Å². The molecule has 4 amide bonds. The first kappa shape index (κ1) is 47.4. The van der Waals surface area contributed by atoms with Crippen molar-refractivity contribution in [3.05, 3.63) is 0 Å². The Morgan fingerprint density at radius 1 is 0.452 bits per heavy atom. The molecular weight excluding hydrogens is 666 g/mol. The van der Waals surface area contributed by atoms with Crippen LogP contribution >= 0.6 is 0 Å². The number of nitrogens with two attached hydrogens (primary N) is 4. The largest absolute Gasteiger partial charge is 2.00 e. The third kappa shape index (κ3) is 40.6. The second-order valence-electron chi connectivity index (χ2n) is 8.43. The third-order valence-corrected chi connectivity index (χ3v) is 4.88. The number of halogens is 2. The van der Waals surface area contributed by atoms with Gasteiger partial charge < -0.3 is 28.4 Å². The molecule has 0 atom stereocenters. The zero-order valence-corrected chi connectivity index (χ0v) is 25.0. The van der Waals surface area contributed by atoms with Crippen LogP contribution in [0.3, 0.4) is 0 Å². The zero-order valence-electron chi connectivity index (χ0n) is 22.5. The van der Waals surface area contributed by atoms with Crippen molar-refractivity contribution in [3.8, 4) is 0 Å². The van der Waals surface area contributed by atoms with E-state index in [1.54, 1.807) is 0 Å². The first-order valence-electron chi connectivity index (χ1n) is 11.4. The van der Waals surface area contributed by atoms with Crippen molar-refractivity contribution in [1.82, 2.24) is 19.6 Å². The van der Waals surface area contributed by atoms with Gasteiger partial charge in [0.05, 0.1) is 26.2 Å². The van der Waals surface area contributed by atoms with Gasteiger partial charge in [-0.15, -0.1) is 20.5 Å². The molecule has 1 rings (SSSR count). The van der Waals surface area contributed by atoms with E-state index >= 15 is 0 Å². The SMILES string of the molecule is NC(=O)CN1CCCN(CC(N)=O)CCN(CC(N)=O)CCCN(CC(N)=O)CC1.O.[Co+2].[O-][Cl+3]([O-])([O-])[O-].[O-][Cl+3]([O-])([O-])[O-]. The summed E-state index contributed by atoms with van der Waals surface area (Å²) in [7, 11) is -9.89. The molecule has 24 heteroatoms. The van der Waals surface area contributed by atoms with Crippen molar-refractivity contribution in [2.45, 2.75) is 12.8 Å². The maximum atomic E-state index is 11.4. The Hall–Kier alpha value is -1.55. The smallest absolute Gasteiger partial charge is 0.412 e. The monoisotopic (exact) mass is 703 g/mol. The summed E-state index contributed by atoms with van der Waals surface area (Å²) < 4.78 is 67.9. The van der Waals surface area contributed by atoms with Crippen LogP contribution in [0, 0.1) is 20.5 Å². The molecular formula is C18H38Cl2CoN8O13. The molecule has 1 saturated heterocycles. The predicted octanol–water partition coefficient (Wildman–Crippen LogP) is -14.4. The summed E-state index contributed by atoms with van der Waals surface area (Å²) in [5.41, 5.74) is 21.5. The van der Waals surface area contributed by atoms with Crippen molar-refractivity contribution in [3.63, 3.8) is 0 Å². The van der Waals surface area contributed by atoms with Crippen LogP contribution in [0.1, 0.15) is 12.8 Å². The van der Waals surface area contributed by atoms with E-state index in [4.69, 9.17) is 60.2 Å². The molecule has 1 heterocycles. The van der Waals surface area contributed by atoms with Crippen LogP contribution in [-0.2, 0) is 36.0 Å². The fourth-order valence-corrected chi connectivity index (χ4v) is 3.56. The van der Waals surface area contributed by atoms with Crippen LogP contribution in [0.4, 0.5) is 0 Å². The van der Waals surface area contributed by atoms with Crippen molar-refractivity contribution in [2.75, 3.05) is 78.5 Å². The Morgan fingerprint density at radius 2 is 0.595 bits per heavy atom. The Morgan fingerprint density at radius 3 is 0.714 bits per heavy atom. The van der Waals surface area contributed by atoms with Gasteiger partial charge in [-0.3, -0.25) is 38.8 Å². The molecule has 42 heavy (non-hydrogen) atoms. The normalized spacial score (nSPS) is 17.0. The Labute approximate surface area is 256 Å². The van der Waals surface area contributed by atoms with Crippen LogP contribution in [0.5, 0.6) is 0 Å². The number of hydrogen-bond acceptors (Lipinski definition) is 16. The van der Waals surface area contributed by atoms with E-state index in [0.29, 0.717) is 65.2 Å². The molecule has 0 saturated carbocycles. The molecule has 0 spiro atoms. The summed E-state index contributed by atoms with van der Waals surface area (Å²) in [5.74, 6) is -1.69. The number of nitrogens with zero attached hydrogens (tertiary/aromatic N) is 4. The van der Waals surface area contributed by atoms with Gasteiger partial charge in [-0.2, -0.15) is 0 Å². The van der Waals surface area contributed by atoms with Crippen molar-refractivity contribution in [2.24, 2.45) is 22.9 Å². The summed E-state index contributed by atoms with van der Waals surface area (Å²) in [4.78, 5) is 53.4. The van der Waals surface area contributed by atoms with Gasteiger partial charge in [-0.25, -0.2) is 37.3 Å². The maximum absolute atomic E-state index is 11.4. The zero-order chi connectivity index (χ0) is 31.5. The topological polar surface area (TPSA) is 401 Å². The van der Waals surface area contributed by atoms with E-state index in [2.05, 4.69) is 0 Å². The minimum atomic E-state index is -4.94. The summed E-state index contributed by atoms with van der Waals surface area (Å²) >= 11 is 0. The molecule has 1 aliphatic rings. The Balaban J connectivity index is -0.000000516. The van der Waals surface area contributed by atoms with Crippen LogP contribution in [0.2, 0.25) is 0 Å². The van der Waals surface area contributed by atoms with E-state index in [1.807, 2.05) is 19.6 Å². The van der Waals surface area contributed by atoms with Gasteiger partial charge in [0, 0.05) is 26.2 Å². The van der Waals surface area contributed by atoms with Crippen molar-refractivity contribution >= 4 is 23.6 Å². The van der Waals surface area contributed by atoms with Gasteiger partial charge in [0.1, 0.15) is 0 Å². The van der Waals surface area contributed by atoms with Crippen LogP contribution in [0.25, 0.3) is 0 Å². The molecule has 0 aromatic heterocycles. The predicted molar refractivity (Wildman–Crippen MR) is 115 cm³/mol. The molecule has 1 fully saturated rings. The van der Waals surface area contributed by atoms with Gasteiger partial charge in [0.15, 0.2) is 0 Å². The van der Waals surface area contributed by atoms with E-state index in [-0.39, 0.29) is 48.4 Å². The Bertz CT molecular complexity index is 659. The van der Waals surface area contributed by atoms with Crippen LogP contribution in [-0.4, -0.2) is 127 Å². The number of rotatable bonds is 8. The van der Waals surface area contributed by atoms with Gasteiger partial charge in [0.25, 0.3) is 0 Å². The minimum absolute atomic E-state index is 0. The number of primary amides is 4. The third-order valence-electron chi connectivity index (χ3n) is 4.88. The molecule has 251 valence electrons. The quantitative estimate of drug-likeness (QED) is 0.182. The van der Waals surface area contributed by atoms with E-state index in [9.17, 15) is 19.2 Å². The van der Waals surface area contributed by atoms with E-state index in [1.165, 1.54) is 0 Å². The second kappa shape index (κ2) is 24.8. The van der Waals surface area contributed by atoms with Gasteiger partial charge in [-0.1, -0.05) is 0 Å². The van der Waals surface area contributed by atoms with Gasteiger partial charge in [-0.05, 0) is 39.0 Å². The van der Waals surface area contributed by atoms with Gasteiger partial charge in [0.2, 0.25) is 23.6 Å².